The van der Waals surface area contributed by atoms with Crippen LogP contribution < -0.4 is 26.4 Å². The van der Waals surface area contributed by atoms with Crippen LogP contribution in [0.4, 0.5) is 23.4 Å². The zero-order valence-corrected chi connectivity index (χ0v) is 24.1. The zero-order chi connectivity index (χ0) is 31.7. The lowest BCUT2D eigenvalue weighted by atomic mass is 9.97. The van der Waals surface area contributed by atoms with Crippen LogP contribution in [-0.2, 0) is 0 Å². The van der Waals surface area contributed by atoms with Crippen LogP contribution in [0.2, 0.25) is 0 Å². The van der Waals surface area contributed by atoms with Crippen molar-refractivity contribution in [3.8, 4) is 28.2 Å². The third-order valence-electron chi connectivity index (χ3n) is 7.04. The number of halogens is 4. The number of rotatable bonds is 9. The lowest BCUT2D eigenvalue weighted by Gasteiger charge is -2.30. The van der Waals surface area contributed by atoms with Gasteiger partial charge in [0.25, 0.3) is 11.8 Å². The monoisotopic (exact) mass is 601 g/mol. The van der Waals surface area contributed by atoms with Gasteiger partial charge in [-0.25, -0.2) is 4.39 Å². The van der Waals surface area contributed by atoms with E-state index >= 15 is 0 Å². The summed E-state index contributed by atoms with van der Waals surface area (Å²) in [5.74, 6) is -1.73. The van der Waals surface area contributed by atoms with E-state index < -0.39 is 36.0 Å². The first-order valence-corrected chi connectivity index (χ1v) is 13.2. The molecule has 0 aliphatic heterocycles. The molecule has 1 unspecified atom stereocenters. The van der Waals surface area contributed by atoms with Gasteiger partial charge in [0.2, 0.25) is 5.71 Å². The lowest BCUT2D eigenvalue weighted by molar-refractivity contribution is -0.115. The van der Waals surface area contributed by atoms with Crippen molar-refractivity contribution in [2.45, 2.75) is 32.6 Å². The number of nitrogens with zero attached hydrogens (tertiary/aromatic N) is 1. The van der Waals surface area contributed by atoms with Crippen LogP contribution in [0.5, 0.6) is 5.75 Å². The fourth-order valence-electron chi connectivity index (χ4n) is 4.23. The van der Waals surface area contributed by atoms with Crippen LogP contribution in [0, 0.1) is 11.7 Å². The van der Waals surface area contributed by atoms with Gasteiger partial charge in [0.05, 0.1) is 29.3 Å². The summed E-state index contributed by atoms with van der Waals surface area (Å²) in [6.45, 7) is 3.90. The number of hydrogen-bond donors (Lipinski definition) is 4. The van der Waals surface area contributed by atoms with Gasteiger partial charge in [-0.2, -0.15) is 18.2 Å². The molecular weight excluding hydrogens is 570 g/mol. The number of nitrogens with one attached hydrogen (secondary N) is 3. The predicted octanol–water partition coefficient (Wildman–Crippen LogP) is 5.70. The van der Waals surface area contributed by atoms with Crippen LogP contribution in [0.1, 0.15) is 41.5 Å². The molecule has 4 rings (SSSR count). The fraction of sp³-hybridized carbons (Fsp3) is 0.300. The van der Waals surface area contributed by atoms with E-state index in [1.165, 1.54) is 56.6 Å². The molecule has 0 saturated heterocycles. The summed E-state index contributed by atoms with van der Waals surface area (Å²) >= 11 is 0. The average molecular weight is 602 g/mol. The molecule has 0 aliphatic rings. The van der Waals surface area contributed by atoms with E-state index in [1.807, 2.05) is 13.8 Å². The molecule has 9 nitrogen and oxygen atoms in total. The standard InChI is InChI=1S/C30H31F4N5O4/c1-15(2)29(3,35)39-26(40)20-12-17(8-11-22(20)42-5)19-13-21-23(27(41)36-4)24(16-6-9-18(31)10-7-16)43-28(21)38-25(19)37-14-30(32,33)34/h6-13,15H,14,35H2,1-5H3,(H,36,41)(H,37,38)(H,39,40). The largest absolute Gasteiger partial charge is 0.496 e. The molecule has 228 valence electrons. The van der Waals surface area contributed by atoms with E-state index in [2.05, 4.69) is 20.9 Å². The Balaban J connectivity index is 1.96. The number of hydrogen-bond acceptors (Lipinski definition) is 7. The molecule has 0 saturated carbocycles. The Labute approximate surface area is 244 Å². The van der Waals surface area contributed by atoms with Gasteiger partial charge in [0.15, 0.2) is 0 Å². The molecule has 0 radical (unpaired) electrons. The van der Waals surface area contributed by atoms with Crippen molar-refractivity contribution >= 4 is 28.7 Å². The zero-order valence-electron chi connectivity index (χ0n) is 24.1. The number of alkyl halides is 3. The van der Waals surface area contributed by atoms with Gasteiger partial charge in [-0.3, -0.25) is 9.59 Å². The van der Waals surface area contributed by atoms with Crippen molar-refractivity contribution in [1.82, 2.24) is 15.6 Å². The van der Waals surface area contributed by atoms with E-state index in [0.29, 0.717) is 11.1 Å². The maximum atomic E-state index is 13.6. The number of carbonyl (C=O) groups is 2. The van der Waals surface area contributed by atoms with E-state index in [4.69, 9.17) is 14.9 Å². The Hall–Kier alpha value is -4.65. The van der Waals surface area contributed by atoms with E-state index in [-0.39, 0.29) is 51.0 Å². The van der Waals surface area contributed by atoms with Gasteiger partial charge >= 0.3 is 6.18 Å². The number of methoxy groups -OCH3 is 1. The number of fused-ring (bicyclic) bond motifs is 1. The normalized spacial score (nSPS) is 13.1. The first kappa shape index (κ1) is 31.3. The molecule has 0 fully saturated rings. The van der Waals surface area contributed by atoms with Gasteiger partial charge in [0.1, 0.15) is 29.7 Å². The number of carbonyl (C=O) groups excluding carboxylic acids is 2. The topological polar surface area (TPSA) is 132 Å². The van der Waals surface area contributed by atoms with Crippen LogP contribution in [0.15, 0.2) is 52.9 Å². The van der Waals surface area contributed by atoms with Crippen LogP contribution in [0.3, 0.4) is 0 Å². The number of benzene rings is 2. The highest BCUT2D eigenvalue weighted by atomic mass is 19.4. The SMILES string of the molecule is CNC(=O)c1c(-c2ccc(F)cc2)oc2nc(NCC(F)(F)F)c(-c3ccc(OC)c(C(=O)NC(C)(N)C(C)C)c3)cc12. The first-order chi connectivity index (χ1) is 20.1. The van der Waals surface area contributed by atoms with Crippen molar-refractivity contribution in [3.63, 3.8) is 0 Å². The van der Waals surface area contributed by atoms with Crippen molar-refractivity contribution in [2.24, 2.45) is 11.7 Å². The number of ether oxygens (including phenoxy) is 1. The van der Waals surface area contributed by atoms with E-state index in [1.54, 1.807) is 13.0 Å². The van der Waals surface area contributed by atoms with Crippen LogP contribution in [0.25, 0.3) is 33.6 Å². The first-order valence-electron chi connectivity index (χ1n) is 13.2. The molecule has 2 amide bonds. The Bertz CT molecular complexity index is 1660. The molecule has 2 heterocycles. The van der Waals surface area contributed by atoms with Crippen LogP contribution >= 0.6 is 0 Å². The summed E-state index contributed by atoms with van der Waals surface area (Å²) in [5, 5.41) is 7.76. The molecule has 2 aromatic carbocycles. The minimum Gasteiger partial charge on any atom is -0.496 e. The van der Waals surface area contributed by atoms with Crippen molar-refractivity contribution < 1.29 is 36.3 Å². The number of nitrogens with two attached hydrogens (primary N) is 1. The van der Waals surface area contributed by atoms with Gasteiger partial charge in [-0.05, 0) is 60.9 Å². The van der Waals surface area contributed by atoms with Crippen molar-refractivity contribution in [2.75, 3.05) is 26.0 Å². The minimum atomic E-state index is -4.59. The molecule has 0 bridgehead atoms. The quantitative estimate of drug-likeness (QED) is 0.143. The molecule has 1 atom stereocenters. The van der Waals surface area contributed by atoms with Gasteiger partial charge < -0.3 is 30.8 Å². The van der Waals surface area contributed by atoms with Gasteiger partial charge in [0, 0.05) is 18.2 Å². The summed E-state index contributed by atoms with van der Waals surface area (Å²) in [5.41, 5.74) is 5.95. The van der Waals surface area contributed by atoms with E-state index in [9.17, 15) is 27.2 Å². The molecule has 4 aromatic rings. The fourth-order valence-corrected chi connectivity index (χ4v) is 4.23. The van der Waals surface area contributed by atoms with Crippen molar-refractivity contribution in [3.05, 3.63) is 65.5 Å². The summed E-state index contributed by atoms with van der Waals surface area (Å²) in [6.07, 6.45) is -4.59. The van der Waals surface area contributed by atoms with Crippen molar-refractivity contribution in [1.29, 1.82) is 0 Å². The highest BCUT2D eigenvalue weighted by Crippen LogP contribution is 2.39. The molecule has 43 heavy (non-hydrogen) atoms. The molecule has 13 heteroatoms. The third kappa shape index (κ3) is 6.72. The minimum absolute atomic E-state index is 0.0440. The second kappa shape index (κ2) is 11.9. The Morgan fingerprint density at radius 3 is 2.28 bits per heavy atom. The van der Waals surface area contributed by atoms with Crippen LogP contribution in [-0.4, -0.2) is 49.3 Å². The highest BCUT2D eigenvalue weighted by Gasteiger charge is 2.30. The van der Waals surface area contributed by atoms with Gasteiger partial charge in [-0.15, -0.1) is 0 Å². The summed E-state index contributed by atoms with van der Waals surface area (Å²) in [6, 6.07) is 11.1. The summed E-state index contributed by atoms with van der Waals surface area (Å²) in [4.78, 5) is 30.7. The Morgan fingerprint density at radius 1 is 1.05 bits per heavy atom. The second-order valence-electron chi connectivity index (χ2n) is 10.4. The number of aromatic nitrogens is 1. The Kier molecular flexibility index (Phi) is 8.67. The third-order valence-corrected chi connectivity index (χ3v) is 7.04. The second-order valence-corrected chi connectivity index (χ2v) is 10.4. The maximum Gasteiger partial charge on any atom is 0.405 e. The number of furan rings is 1. The number of amides is 2. The summed E-state index contributed by atoms with van der Waals surface area (Å²) in [7, 11) is 2.78. The number of anilines is 1. The highest BCUT2D eigenvalue weighted by molar-refractivity contribution is 6.11. The molecule has 0 spiro atoms. The average Bonchev–Trinajstić information content (AvgIpc) is 3.32. The molecule has 2 aromatic heterocycles. The summed E-state index contributed by atoms with van der Waals surface area (Å²) < 4.78 is 64.7. The molecule has 5 N–H and O–H groups in total. The smallest absolute Gasteiger partial charge is 0.405 e. The van der Waals surface area contributed by atoms with Gasteiger partial charge in [-0.1, -0.05) is 19.9 Å². The predicted molar refractivity (Wildman–Crippen MR) is 154 cm³/mol. The maximum absolute atomic E-state index is 13.6. The van der Waals surface area contributed by atoms with E-state index in [0.717, 1.165) is 0 Å². The molecule has 0 aliphatic carbocycles. The number of pyridine rings is 1. The lowest BCUT2D eigenvalue weighted by Crippen LogP contribution is -2.57. The Morgan fingerprint density at radius 2 is 1.70 bits per heavy atom. The molecular formula is C30H31F4N5O4.